The fourth-order valence-corrected chi connectivity index (χ4v) is 7.27. The molecule has 0 saturated heterocycles. The number of aromatic nitrogens is 1. The number of aryl methyl sites for hydroxylation is 4. The molecule has 1 heterocycles. The van der Waals surface area contributed by atoms with Gasteiger partial charge in [0, 0.05) is 5.56 Å². The molecule has 45 heavy (non-hydrogen) atoms. The topological polar surface area (TPSA) is 26.0 Å². The van der Waals surface area contributed by atoms with E-state index in [1.807, 2.05) is 0 Å². The minimum Gasteiger partial charge on any atom is -0.436 e. The summed E-state index contributed by atoms with van der Waals surface area (Å²) in [5.41, 5.74) is 14.1. The third-order valence-electron chi connectivity index (χ3n) is 9.61. The highest BCUT2D eigenvalue weighted by Gasteiger charge is 2.22. The van der Waals surface area contributed by atoms with Crippen molar-refractivity contribution in [2.24, 2.45) is 0 Å². The molecule has 8 aromatic rings. The van der Waals surface area contributed by atoms with Crippen LogP contribution in [0.15, 0.2) is 101 Å². The van der Waals surface area contributed by atoms with E-state index in [-0.39, 0.29) is 5.41 Å². The Morgan fingerprint density at radius 3 is 1.76 bits per heavy atom. The molecule has 0 aliphatic carbocycles. The van der Waals surface area contributed by atoms with Gasteiger partial charge in [-0.1, -0.05) is 111 Å². The number of fused-ring (bicyclic) bond motifs is 1. The molecule has 2 heteroatoms. The van der Waals surface area contributed by atoms with Gasteiger partial charge in [-0.2, -0.15) is 0 Å². The van der Waals surface area contributed by atoms with Crippen LogP contribution in [0.2, 0.25) is 0 Å². The number of rotatable bonds is 3. The molecule has 0 saturated carbocycles. The van der Waals surface area contributed by atoms with Gasteiger partial charge in [0.15, 0.2) is 5.58 Å². The van der Waals surface area contributed by atoms with E-state index in [1.54, 1.807) is 0 Å². The molecule has 0 N–H and O–H groups in total. The molecule has 0 atom stereocenters. The molecule has 0 fully saturated rings. The zero-order valence-electron chi connectivity index (χ0n) is 27.1. The second-order valence-electron chi connectivity index (χ2n) is 13.9. The SMILES string of the molecule is Cc1ccc(-c2ccc3ccc4c(-c5ccc(C)cc5C)cc(-c5nc6cc(C(C)(C)C)ccc6o5)c5ccc2c3c54)c(C)c1. The van der Waals surface area contributed by atoms with E-state index in [9.17, 15) is 0 Å². The number of benzene rings is 7. The fourth-order valence-electron chi connectivity index (χ4n) is 7.27. The lowest BCUT2D eigenvalue weighted by Crippen LogP contribution is -2.10. The van der Waals surface area contributed by atoms with Crippen molar-refractivity contribution in [3.05, 3.63) is 125 Å². The summed E-state index contributed by atoms with van der Waals surface area (Å²) in [5, 5.41) is 7.49. The van der Waals surface area contributed by atoms with Gasteiger partial charge in [0.2, 0.25) is 5.89 Å². The van der Waals surface area contributed by atoms with E-state index < -0.39 is 0 Å². The first-order valence-corrected chi connectivity index (χ1v) is 15.9. The lowest BCUT2D eigenvalue weighted by Gasteiger charge is -2.19. The summed E-state index contributed by atoms with van der Waals surface area (Å²) in [4.78, 5) is 5.13. The van der Waals surface area contributed by atoms with Crippen molar-refractivity contribution in [2.75, 3.05) is 0 Å². The summed E-state index contributed by atoms with van der Waals surface area (Å²) in [5.74, 6) is 0.662. The Bertz CT molecular complexity index is 2450. The van der Waals surface area contributed by atoms with E-state index in [4.69, 9.17) is 9.40 Å². The van der Waals surface area contributed by atoms with Crippen molar-refractivity contribution < 1.29 is 4.42 Å². The lowest BCUT2D eigenvalue weighted by atomic mass is 9.84. The number of nitrogens with zero attached hydrogens (tertiary/aromatic N) is 1. The first kappa shape index (κ1) is 27.6. The highest BCUT2D eigenvalue weighted by molar-refractivity contribution is 6.29. The van der Waals surface area contributed by atoms with Crippen molar-refractivity contribution >= 4 is 43.4 Å². The number of hydrogen-bond donors (Lipinski definition) is 0. The van der Waals surface area contributed by atoms with Crippen molar-refractivity contribution in [3.63, 3.8) is 0 Å². The van der Waals surface area contributed by atoms with Crippen molar-refractivity contribution in [1.29, 1.82) is 0 Å². The van der Waals surface area contributed by atoms with Crippen molar-refractivity contribution in [3.8, 4) is 33.7 Å². The standard InChI is InChI=1S/C43H37NO/c1-24-8-13-30(26(3)20-24)32-15-10-28-11-16-34-36(31-14-9-25(2)21-27(31)4)23-37(35-18-17-33(32)40(28)41(34)35)42-44-38-22-29(43(5,6)7)12-19-39(38)45-42/h8-23H,1-7H3. The third-order valence-corrected chi connectivity index (χ3v) is 9.61. The molecule has 0 radical (unpaired) electrons. The smallest absolute Gasteiger partial charge is 0.227 e. The largest absolute Gasteiger partial charge is 0.436 e. The summed E-state index contributed by atoms with van der Waals surface area (Å²) in [6.07, 6.45) is 0. The second-order valence-corrected chi connectivity index (χ2v) is 13.9. The van der Waals surface area contributed by atoms with Gasteiger partial charge in [-0.3, -0.25) is 0 Å². The molecule has 0 aliphatic heterocycles. The van der Waals surface area contributed by atoms with E-state index in [2.05, 4.69) is 146 Å². The van der Waals surface area contributed by atoms with E-state index in [1.165, 1.54) is 77.0 Å². The van der Waals surface area contributed by atoms with Crippen LogP contribution in [-0.2, 0) is 5.41 Å². The minimum absolute atomic E-state index is 0.0317. The maximum absolute atomic E-state index is 6.56. The van der Waals surface area contributed by atoms with Crippen LogP contribution in [0.1, 0.15) is 48.6 Å². The monoisotopic (exact) mass is 583 g/mol. The van der Waals surface area contributed by atoms with E-state index in [0.29, 0.717) is 5.89 Å². The first-order chi connectivity index (χ1) is 21.6. The van der Waals surface area contributed by atoms with Crippen LogP contribution in [0.5, 0.6) is 0 Å². The van der Waals surface area contributed by atoms with Gasteiger partial charge in [-0.15, -0.1) is 0 Å². The molecule has 0 unspecified atom stereocenters. The minimum atomic E-state index is 0.0317. The summed E-state index contributed by atoms with van der Waals surface area (Å²) in [6.45, 7) is 15.5. The van der Waals surface area contributed by atoms with Crippen LogP contribution in [0.25, 0.3) is 77.1 Å². The Morgan fingerprint density at radius 2 is 1.09 bits per heavy atom. The average molecular weight is 584 g/mol. The molecule has 1 aromatic heterocycles. The molecular formula is C43H37NO. The van der Waals surface area contributed by atoms with Crippen LogP contribution in [0.4, 0.5) is 0 Å². The molecule has 7 aromatic carbocycles. The molecule has 8 rings (SSSR count). The highest BCUT2D eigenvalue weighted by atomic mass is 16.3. The fraction of sp³-hybridized carbons (Fsp3) is 0.186. The average Bonchev–Trinajstić information content (AvgIpc) is 3.43. The van der Waals surface area contributed by atoms with Gasteiger partial charge in [0.1, 0.15) is 5.52 Å². The molecular weight excluding hydrogens is 546 g/mol. The highest BCUT2D eigenvalue weighted by Crippen LogP contribution is 2.47. The van der Waals surface area contributed by atoms with Gasteiger partial charge < -0.3 is 4.42 Å². The number of hydrogen-bond acceptors (Lipinski definition) is 2. The summed E-state index contributed by atoms with van der Waals surface area (Å²) in [6, 6.07) is 36.0. The van der Waals surface area contributed by atoms with Gasteiger partial charge in [0.05, 0.1) is 0 Å². The molecule has 0 bridgehead atoms. The van der Waals surface area contributed by atoms with Crippen LogP contribution >= 0.6 is 0 Å². The third kappa shape index (κ3) is 4.35. The maximum Gasteiger partial charge on any atom is 0.227 e. The number of oxazole rings is 1. The van der Waals surface area contributed by atoms with Crippen LogP contribution in [0.3, 0.4) is 0 Å². The predicted molar refractivity (Wildman–Crippen MR) is 192 cm³/mol. The molecule has 0 spiro atoms. The Labute approximate surface area is 264 Å². The van der Waals surface area contributed by atoms with Crippen LogP contribution in [-0.4, -0.2) is 4.98 Å². The summed E-state index contributed by atoms with van der Waals surface area (Å²) >= 11 is 0. The Hall–Kier alpha value is -4.95. The van der Waals surface area contributed by atoms with Gasteiger partial charge >= 0.3 is 0 Å². The lowest BCUT2D eigenvalue weighted by molar-refractivity contribution is 0.590. The Morgan fingerprint density at radius 1 is 0.511 bits per heavy atom. The first-order valence-electron chi connectivity index (χ1n) is 15.9. The zero-order chi connectivity index (χ0) is 31.2. The second kappa shape index (κ2) is 9.78. The Kier molecular flexibility index (Phi) is 5.99. The van der Waals surface area contributed by atoms with Gasteiger partial charge in [-0.05, 0) is 123 Å². The molecule has 2 nitrogen and oxygen atoms in total. The summed E-state index contributed by atoms with van der Waals surface area (Å²) < 4.78 is 6.56. The maximum atomic E-state index is 6.56. The van der Waals surface area contributed by atoms with Crippen LogP contribution in [0, 0.1) is 27.7 Å². The summed E-state index contributed by atoms with van der Waals surface area (Å²) in [7, 11) is 0. The van der Waals surface area contributed by atoms with Crippen LogP contribution < -0.4 is 0 Å². The normalized spacial score (nSPS) is 12.3. The quantitative estimate of drug-likeness (QED) is 0.193. The van der Waals surface area contributed by atoms with Gasteiger partial charge in [-0.25, -0.2) is 4.98 Å². The predicted octanol–water partition coefficient (Wildman–Crippen LogP) is 12.3. The zero-order valence-corrected chi connectivity index (χ0v) is 27.1. The van der Waals surface area contributed by atoms with Crippen molar-refractivity contribution in [2.45, 2.75) is 53.9 Å². The van der Waals surface area contributed by atoms with E-state index in [0.717, 1.165) is 22.0 Å². The van der Waals surface area contributed by atoms with E-state index >= 15 is 0 Å². The van der Waals surface area contributed by atoms with Crippen molar-refractivity contribution in [1.82, 2.24) is 4.98 Å². The molecule has 0 amide bonds. The molecule has 0 aliphatic rings. The van der Waals surface area contributed by atoms with Gasteiger partial charge in [0.25, 0.3) is 0 Å². The molecule has 220 valence electrons. The Balaban J connectivity index is 1.49.